The third kappa shape index (κ3) is 2.71. The van der Waals surface area contributed by atoms with Crippen molar-refractivity contribution in [2.24, 2.45) is 0 Å². The van der Waals surface area contributed by atoms with Crippen molar-refractivity contribution < 1.29 is 4.42 Å². The lowest BCUT2D eigenvalue weighted by Crippen LogP contribution is -2.15. The number of nitrogens with one attached hydrogen (secondary N) is 1. The zero-order valence-corrected chi connectivity index (χ0v) is 8.88. The minimum atomic E-state index is 0.768. The molecule has 70 valence electrons. The van der Waals surface area contributed by atoms with E-state index in [0.29, 0.717) is 0 Å². The Balaban J connectivity index is 1.79. The molecule has 3 heteroatoms. The number of halogens is 1. The molecule has 2 nitrogen and oxygen atoms in total. The third-order valence-corrected chi connectivity index (χ3v) is 2.67. The fourth-order valence-electron chi connectivity index (χ4n) is 1.11. The molecule has 0 atom stereocenters. The predicted molar refractivity (Wildman–Crippen MR) is 56.5 cm³/mol. The summed E-state index contributed by atoms with van der Waals surface area (Å²) in [6, 6.07) is 2.67. The Bertz CT molecular complexity index is 302. The van der Waals surface area contributed by atoms with Gasteiger partial charge in [0.05, 0.1) is 10.7 Å². The standard InChI is InChI=1S/C10H12BrNO/c11-9-5-7-13-10(9)2-1-6-12-8-3-4-8/h1-2,5,7-8,12H,3-4,6H2/b2-1+. The summed E-state index contributed by atoms with van der Waals surface area (Å²) in [6.07, 6.45) is 8.41. The Hall–Kier alpha value is -0.540. The van der Waals surface area contributed by atoms with Gasteiger partial charge in [-0.05, 0) is 40.9 Å². The highest BCUT2D eigenvalue weighted by atomic mass is 79.9. The van der Waals surface area contributed by atoms with E-state index in [9.17, 15) is 0 Å². The summed E-state index contributed by atoms with van der Waals surface area (Å²) in [4.78, 5) is 0. The van der Waals surface area contributed by atoms with Gasteiger partial charge in [-0.15, -0.1) is 0 Å². The zero-order chi connectivity index (χ0) is 9.10. The minimum absolute atomic E-state index is 0.768. The average molecular weight is 242 g/mol. The zero-order valence-electron chi connectivity index (χ0n) is 7.29. The summed E-state index contributed by atoms with van der Waals surface area (Å²) in [5.41, 5.74) is 0. The Morgan fingerprint density at radius 1 is 1.62 bits per heavy atom. The van der Waals surface area contributed by atoms with Crippen LogP contribution in [0.4, 0.5) is 0 Å². The first-order chi connectivity index (χ1) is 6.36. The highest BCUT2D eigenvalue weighted by Gasteiger charge is 2.18. The Morgan fingerprint density at radius 3 is 3.08 bits per heavy atom. The molecule has 0 amide bonds. The van der Waals surface area contributed by atoms with Crippen LogP contribution in [-0.2, 0) is 0 Å². The smallest absolute Gasteiger partial charge is 0.140 e. The molecule has 13 heavy (non-hydrogen) atoms. The molecule has 1 N–H and O–H groups in total. The quantitative estimate of drug-likeness (QED) is 0.878. The second kappa shape index (κ2) is 4.11. The fourth-order valence-corrected chi connectivity index (χ4v) is 1.45. The third-order valence-electron chi connectivity index (χ3n) is 2.02. The van der Waals surface area contributed by atoms with Crippen LogP contribution in [0.1, 0.15) is 18.6 Å². The van der Waals surface area contributed by atoms with Crippen LogP contribution < -0.4 is 5.32 Å². The molecule has 1 aliphatic carbocycles. The van der Waals surface area contributed by atoms with Crippen molar-refractivity contribution in [1.29, 1.82) is 0 Å². The van der Waals surface area contributed by atoms with Gasteiger partial charge < -0.3 is 9.73 Å². The van der Waals surface area contributed by atoms with Gasteiger partial charge in [-0.1, -0.05) is 6.08 Å². The molecule has 0 unspecified atom stereocenters. The summed E-state index contributed by atoms with van der Waals surface area (Å²) in [6.45, 7) is 0.928. The summed E-state index contributed by atoms with van der Waals surface area (Å²) >= 11 is 3.39. The maximum absolute atomic E-state index is 5.23. The molecule has 1 aliphatic rings. The van der Waals surface area contributed by atoms with Crippen LogP contribution >= 0.6 is 15.9 Å². The summed E-state index contributed by atoms with van der Waals surface area (Å²) < 4.78 is 6.23. The van der Waals surface area contributed by atoms with E-state index >= 15 is 0 Å². The summed E-state index contributed by atoms with van der Waals surface area (Å²) in [7, 11) is 0. The topological polar surface area (TPSA) is 25.2 Å². The molecular formula is C10H12BrNO. The van der Waals surface area contributed by atoms with E-state index in [0.717, 1.165) is 22.8 Å². The summed E-state index contributed by atoms with van der Waals surface area (Å²) in [5.74, 6) is 0.887. The molecule has 1 aromatic heterocycles. The Morgan fingerprint density at radius 2 is 2.46 bits per heavy atom. The number of hydrogen-bond acceptors (Lipinski definition) is 2. The van der Waals surface area contributed by atoms with E-state index in [2.05, 4.69) is 27.3 Å². The number of hydrogen-bond donors (Lipinski definition) is 1. The predicted octanol–water partition coefficient (Wildman–Crippen LogP) is 2.81. The first-order valence-electron chi connectivity index (χ1n) is 4.49. The van der Waals surface area contributed by atoms with Crippen molar-refractivity contribution in [3.8, 4) is 0 Å². The highest BCUT2D eigenvalue weighted by molar-refractivity contribution is 9.10. The first kappa shape index (κ1) is 9.03. The molecular weight excluding hydrogens is 230 g/mol. The molecule has 1 aromatic rings. The van der Waals surface area contributed by atoms with E-state index in [1.807, 2.05) is 12.1 Å². The molecule has 0 bridgehead atoms. The lowest BCUT2D eigenvalue weighted by atomic mass is 10.4. The molecule has 2 rings (SSSR count). The van der Waals surface area contributed by atoms with Crippen LogP contribution in [0.15, 0.2) is 27.3 Å². The van der Waals surface area contributed by atoms with Crippen LogP contribution in [0.5, 0.6) is 0 Å². The Kier molecular flexibility index (Phi) is 2.86. The maximum Gasteiger partial charge on any atom is 0.140 e. The number of furan rings is 1. The van der Waals surface area contributed by atoms with Crippen molar-refractivity contribution in [2.75, 3.05) is 6.54 Å². The van der Waals surface area contributed by atoms with Gasteiger partial charge >= 0.3 is 0 Å². The van der Waals surface area contributed by atoms with Crippen molar-refractivity contribution in [2.45, 2.75) is 18.9 Å². The van der Waals surface area contributed by atoms with Gasteiger partial charge in [-0.3, -0.25) is 0 Å². The van der Waals surface area contributed by atoms with Gasteiger partial charge in [-0.2, -0.15) is 0 Å². The van der Waals surface area contributed by atoms with Crippen molar-refractivity contribution in [3.05, 3.63) is 28.6 Å². The van der Waals surface area contributed by atoms with Crippen LogP contribution in [-0.4, -0.2) is 12.6 Å². The molecule has 0 radical (unpaired) electrons. The lowest BCUT2D eigenvalue weighted by molar-refractivity contribution is 0.555. The molecule has 1 fully saturated rings. The summed E-state index contributed by atoms with van der Waals surface area (Å²) in [5, 5.41) is 3.39. The second-order valence-electron chi connectivity index (χ2n) is 3.22. The largest absolute Gasteiger partial charge is 0.464 e. The van der Waals surface area contributed by atoms with E-state index in [1.165, 1.54) is 12.8 Å². The average Bonchev–Trinajstić information content (AvgIpc) is 2.86. The van der Waals surface area contributed by atoms with Crippen molar-refractivity contribution in [3.63, 3.8) is 0 Å². The monoisotopic (exact) mass is 241 g/mol. The van der Waals surface area contributed by atoms with Gasteiger partial charge in [0.25, 0.3) is 0 Å². The van der Waals surface area contributed by atoms with E-state index in [4.69, 9.17) is 4.42 Å². The van der Waals surface area contributed by atoms with Gasteiger partial charge in [0.2, 0.25) is 0 Å². The van der Waals surface area contributed by atoms with Crippen molar-refractivity contribution in [1.82, 2.24) is 5.32 Å². The van der Waals surface area contributed by atoms with Crippen LogP contribution in [0.25, 0.3) is 6.08 Å². The van der Waals surface area contributed by atoms with Crippen molar-refractivity contribution >= 4 is 22.0 Å². The molecule has 0 saturated heterocycles. The highest BCUT2D eigenvalue weighted by Crippen LogP contribution is 2.19. The van der Waals surface area contributed by atoms with Gasteiger partial charge in [0.1, 0.15) is 5.76 Å². The van der Waals surface area contributed by atoms with E-state index < -0.39 is 0 Å². The molecule has 0 aliphatic heterocycles. The van der Waals surface area contributed by atoms with Gasteiger partial charge in [0.15, 0.2) is 0 Å². The van der Waals surface area contributed by atoms with Crippen LogP contribution in [0.2, 0.25) is 0 Å². The molecule has 1 saturated carbocycles. The van der Waals surface area contributed by atoms with Gasteiger partial charge in [0, 0.05) is 12.6 Å². The van der Waals surface area contributed by atoms with Crippen LogP contribution in [0.3, 0.4) is 0 Å². The first-order valence-corrected chi connectivity index (χ1v) is 5.28. The lowest BCUT2D eigenvalue weighted by Gasteiger charge is -1.94. The minimum Gasteiger partial charge on any atom is -0.464 e. The van der Waals surface area contributed by atoms with E-state index in [1.54, 1.807) is 6.26 Å². The molecule has 0 spiro atoms. The molecule has 0 aromatic carbocycles. The molecule has 1 heterocycles. The fraction of sp³-hybridized carbons (Fsp3) is 0.400. The van der Waals surface area contributed by atoms with Crippen LogP contribution in [0, 0.1) is 0 Å². The maximum atomic E-state index is 5.23. The Labute approximate surface area is 86.1 Å². The number of rotatable bonds is 4. The second-order valence-corrected chi connectivity index (χ2v) is 4.07. The SMILES string of the molecule is Brc1ccoc1/C=C/CNC1CC1. The normalized spacial score (nSPS) is 17.0. The van der Waals surface area contributed by atoms with E-state index in [-0.39, 0.29) is 0 Å². The van der Waals surface area contributed by atoms with Gasteiger partial charge in [-0.25, -0.2) is 0 Å².